The largest absolute Gasteiger partial charge is 0.390 e. The molecule has 6 nitrogen and oxygen atoms in total. The number of hydrogen-bond donors (Lipinski definition) is 2. The van der Waals surface area contributed by atoms with Crippen LogP contribution in [-0.4, -0.2) is 46.9 Å². The Labute approximate surface area is 169 Å². The molecule has 0 bridgehead atoms. The molecule has 0 aliphatic heterocycles. The lowest BCUT2D eigenvalue weighted by atomic mass is 9.80. The first-order valence-corrected chi connectivity index (χ1v) is 13.0. The van der Waals surface area contributed by atoms with Gasteiger partial charge in [0.1, 0.15) is 0 Å². The number of hydrogen-bond acceptors (Lipinski definition) is 5. The predicted octanol–water partition coefficient (Wildman–Crippen LogP) is 2.78. The van der Waals surface area contributed by atoms with Crippen LogP contribution in [0.3, 0.4) is 0 Å². The lowest BCUT2D eigenvalue weighted by molar-refractivity contribution is 0.149. The topological polar surface area (TPSA) is 95.8 Å². The molecule has 1 aromatic rings. The van der Waals surface area contributed by atoms with Crippen molar-refractivity contribution in [1.82, 2.24) is 4.72 Å². The van der Waals surface area contributed by atoms with E-state index in [1.165, 1.54) is 7.05 Å². The van der Waals surface area contributed by atoms with Gasteiger partial charge in [0, 0.05) is 11.9 Å². The maximum absolute atomic E-state index is 14.0. The van der Waals surface area contributed by atoms with Crippen LogP contribution in [0.5, 0.6) is 0 Å². The molecule has 0 heterocycles. The fourth-order valence-corrected chi connectivity index (χ4v) is 8.39. The molecule has 28 heavy (non-hydrogen) atoms. The van der Waals surface area contributed by atoms with Crippen molar-refractivity contribution in [2.24, 2.45) is 16.2 Å². The van der Waals surface area contributed by atoms with Gasteiger partial charge in [-0.05, 0) is 57.6 Å². The van der Waals surface area contributed by atoms with Crippen LogP contribution in [0.2, 0.25) is 0 Å². The molecule has 2 aliphatic rings. The van der Waals surface area contributed by atoms with Gasteiger partial charge in [-0.2, -0.15) is 0 Å². The third-order valence-electron chi connectivity index (χ3n) is 6.28. The van der Waals surface area contributed by atoms with Crippen LogP contribution >= 0.6 is 0 Å². The minimum absolute atomic E-state index is 0.0205. The van der Waals surface area contributed by atoms with Crippen LogP contribution in [0.25, 0.3) is 0 Å². The first-order valence-electron chi connectivity index (χ1n) is 9.92. The zero-order valence-electron chi connectivity index (χ0n) is 17.0. The van der Waals surface area contributed by atoms with Crippen LogP contribution in [0, 0.1) is 11.8 Å². The monoisotopic (exact) mass is 428 g/mol. The fraction of sp³-hybridized carbons (Fsp3) is 0.700. The van der Waals surface area contributed by atoms with Crippen molar-refractivity contribution in [1.29, 1.82) is 0 Å². The van der Waals surface area contributed by atoms with E-state index in [0.717, 1.165) is 25.7 Å². The van der Waals surface area contributed by atoms with Crippen molar-refractivity contribution in [3.63, 3.8) is 0 Å². The predicted molar refractivity (Wildman–Crippen MR) is 112 cm³/mol. The molecule has 8 heteroatoms. The number of nitrogens with zero attached hydrogens (tertiary/aromatic N) is 1. The average Bonchev–Trinajstić information content (AvgIpc) is 2.93. The van der Waals surface area contributed by atoms with Gasteiger partial charge < -0.3 is 5.11 Å². The van der Waals surface area contributed by atoms with Crippen molar-refractivity contribution in [2.45, 2.75) is 73.5 Å². The lowest BCUT2D eigenvalue weighted by Crippen LogP contribution is -2.51. The Morgan fingerprint density at radius 1 is 1.04 bits per heavy atom. The Bertz CT molecular complexity index is 915. The summed E-state index contributed by atoms with van der Waals surface area (Å²) in [6.45, 7) is 4.92. The van der Waals surface area contributed by atoms with Gasteiger partial charge in [0.15, 0.2) is 0 Å². The molecule has 2 fully saturated rings. The summed E-state index contributed by atoms with van der Waals surface area (Å²) in [5.74, 6) is -0.0509. The van der Waals surface area contributed by atoms with E-state index >= 15 is 0 Å². The summed E-state index contributed by atoms with van der Waals surface area (Å²) < 4.78 is 45.7. The maximum Gasteiger partial charge on any atom is 0.216 e. The molecular formula is C20H32N2O4S2. The highest BCUT2D eigenvalue weighted by Crippen LogP contribution is 2.47. The Kier molecular flexibility index (Phi) is 5.98. The van der Waals surface area contributed by atoms with Gasteiger partial charge in [-0.1, -0.05) is 31.0 Å². The molecule has 0 amide bonds. The Morgan fingerprint density at radius 3 is 2.14 bits per heavy atom. The van der Waals surface area contributed by atoms with Gasteiger partial charge in [0.05, 0.1) is 31.9 Å². The van der Waals surface area contributed by atoms with Crippen LogP contribution in [0.1, 0.15) is 46.5 Å². The quantitative estimate of drug-likeness (QED) is 0.771. The normalized spacial score (nSPS) is 33.1. The molecule has 0 aromatic heterocycles. The van der Waals surface area contributed by atoms with E-state index in [1.807, 2.05) is 18.2 Å². The smallest absolute Gasteiger partial charge is 0.216 e. The SMILES string of the molecule is CN=S(=O)(c1ccccc1)[C@H]1[C@H](O)[C@@H](NS(=O)(=O)C(C)(C)C)[C@@H]2CCCC[C@@H]21. The maximum atomic E-state index is 14.0. The number of aliphatic hydroxyl groups excluding tert-OH is 1. The number of benzene rings is 1. The highest BCUT2D eigenvalue weighted by molar-refractivity contribution is 7.94. The zero-order chi connectivity index (χ0) is 20.7. The number of sulfonamides is 1. The molecule has 0 spiro atoms. The summed E-state index contributed by atoms with van der Waals surface area (Å²) in [7, 11) is -4.99. The summed E-state index contributed by atoms with van der Waals surface area (Å²) in [5, 5.41) is 10.7. The molecule has 0 saturated heterocycles. The summed E-state index contributed by atoms with van der Waals surface area (Å²) in [5.41, 5.74) is 0. The van der Waals surface area contributed by atoms with E-state index < -0.39 is 41.9 Å². The van der Waals surface area contributed by atoms with Crippen LogP contribution in [0.15, 0.2) is 39.6 Å². The minimum Gasteiger partial charge on any atom is -0.390 e. The number of nitrogens with one attached hydrogen (secondary N) is 1. The van der Waals surface area contributed by atoms with Crippen molar-refractivity contribution in [3.05, 3.63) is 30.3 Å². The van der Waals surface area contributed by atoms with Crippen molar-refractivity contribution in [2.75, 3.05) is 7.05 Å². The van der Waals surface area contributed by atoms with Gasteiger partial charge >= 0.3 is 0 Å². The average molecular weight is 429 g/mol. The van der Waals surface area contributed by atoms with Gasteiger partial charge in [0.25, 0.3) is 0 Å². The van der Waals surface area contributed by atoms with E-state index in [-0.39, 0.29) is 11.8 Å². The molecule has 6 atom stereocenters. The Morgan fingerprint density at radius 2 is 1.61 bits per heavy atom. The molecule has 1 unspecified atom stereocenters. The molecule has 2 saturated carbocycles. The minimum atomic E-state index is -3.64. The van der Waals surface area contributed by atoms with Gasteiger partial charge in [-0.3, -0.25) is 0 Å². The third kappa shape index (κ3) is 3.64. The standard InChI is InChI=1S/C20H32N2O4S2/c1-20(2,3)28(25,26)22-17-15-12-8-9-13-16(15)19(18(17)23)27(24,21-4)14-10-6-5-7-11-14/h5-7,10-11,15-19,22-23H,8-9,12-13H2,1-4H3/t15-,16+,17+,18-,19-,27?/m1/s1. The molecule has 2 N–H and O–H groups in total. The fourth-order valence-electron chi connectivity index (χ4n) is 4.69. The second kappa shape index (κ2) is 7.70. The molecule has 1 aromatic carbocycles. The van der Waals surface area contributed by atoms with Gasteiger partial charge in [-0.25, -0.2) is 21.7 Å². The number of aliphatic hydroxyl groups is 1. The van der Waals surface area contributed by atoms with Crippen LogP contribution in [0.4, 0.5) is 0 Å². The number of rotatable bonds is 4. The van der Waals surface area contributed by atoms with Gasteiger partial charge in [-0.15, -0.1) is 0 Å². The highest BCUT2D eigenvalue weighted by Gasteiger charge is 2.56. The molecule has 0 radical (unpaired) electrons. The highest BCUT2D eigenvalue weighted by atomic mass is 32.2. The van der Waals surface area contributed by atoms with Crippen molar-refractivity contribution < 1.29 is 17.7 Å². The van der Waals surface area contributed by atoms with E-state index in [0.29, 0.717) is 4.90 Å². The van der Waals surface area contributed by atoms with E-state index in [1.54, 1.807) is 32.9 Å². The summed E-state index contributed by atoms with van der Waals surface area (Å²) >= 11 is 0. The number of fused-ring (bicyclic) bond motifs is 1. The van der Waals surface area contributed by atoms with E-state index in [9.17, 15) is 17.7 Å². The molecule has 158 valence electrons. The Balaban J connectivity index is 2.05. The van der Waals surface area contributed by atoms with E-state index in [2.05, 4.69) is 9.08 Å². The van der Waals surface area contributed by atoms with Gasteiger partial charge in [0.2, 0.25) is 10.0 Å². The lowest BCUT2D eigenvalue weighted by Gasteiger charge is -2.32. The summed E-state index contributed by atoms with van der Waals surface area (Å²) in [4.78, 5) is 0.602. The van der Waals surface area contributed by atoms with Crippen LogP contribution < -0.4 is 4.72 Å². The second-order valence-corrected chi connectivity index (χ2v) is 13.9. The van der Waals surface area contributed by atoms with Crippen molar-refractivity contribution >= 4 is 19.8 Å². The molecule has 2 aliphatic carbocycles. The summed E-state index contributed by atoms with van der Waals surface area (Å²) in [6.07, 6.45) is 2.60. The Hall–Kier alpha value is -0.960. The molecule has 3 rings (SSSR count). The summed E-state index contributed by atoms with van der Waals surface area (Å²) in [6, 6.07) is 8.43. The second-order valence-electron chi connectivity index (χ2n) is 8.89. The van der Waals surface area contributed by atoms with Crippen molar-refractivity contribution in [3.8, 4) is 0 Å². The molecular weight excluding hydrogens is 396 g/mol. The third-order valence-corrected chi connectivity index (χ3v) is 11.3. The zero-order valence-corrected chi connectivity index (χ0v) is 18.7. The first kappa shape index (κ1) is 21.7. The first-order chi connectivity index (χ1) is 13.0. The van der Waals surface area contributed by atoms with E-state index in [4.69, 9.17) is 0 Å². The van der Waals surface area contributed by atoms with Crippen LogP contribution in [-0.2, 0) is 19.8 Å².